The molecule has 9 nitrogen and oxygen atoms in total. The number of carbonyl (C=O) groups is 2. The number of quaternary nitrogens is 1. The number of phosphoric ester groups is 1. The summed E-state index contributed by atoms with van der Waals surface area (Å²) in [5.41, 5.74) is 0. The summed E-state index contributed by atoms with van der Waals surface area (Å²) in [7, 11) is 1.17. The van der Waals surface area contributed by atoms with Gasteiger partial charge in [-0.1, -0.05) is 393 Å². The molecule has 0 aromatic carbocycles. The Morgan fingerprint density at radius 2 is 0.570 bits per heavy atom. The van der Waals surface area contributed by atoms with Crippen LogP contribution in [0.15, 0.2) is 109 Å². The van der Waals surface area contributed by atoms with E-state index in [1.807, 2.05) is 21.1 Å². The molecule has 2 unspecified atom stereocenters. The van der Waals surface area contributed by atoms with E-state index in [-0.39, 0.29) is 32.0 Å². The van der Waals surface area contributed by atoms with Crippen molar-refractivity contribution in [3.8, 4) is 0 Å². The molecule has 0 heterocycles. The fourth-order valence-corrected chi connectivity index (χ4v) is 13.0. The van der Waals surface area contributed by atoms with Gasteiger partial charge in [0.2, 0.25) is 0 Å². The Bertz CT molecular complexity index is 2060. The predicted molar refractivity (Wildman–Crippen MR) is 434 cm³/mol. The van der Waals surface area contributed by atoms with E-state index in [4.69, 9.17) is 18.5 Å². The third kappa shape index (κ3) is 83.6. The lowest BCUT2D eigenvalue weighted by Crippen LogP contribution is -2.37. The largest absolute Gasteiger partial charge is 0.756 e. The van der Waals surface area contributed by atoms with E-state index in [0.717, 1.165) is 89.9 Å². The summed E-state index contributed by atoms with van der Waals surface area (Å²) >= 11 is 0. The quantitative estimate of drug-likeness (QED) is 0.0195. The van der Waals surface area contributed by atoms with Crippen LogP contribution in [0.5, 0.6) is 0 Å². The molecule has 580 valence electrons. The summed E-state index contributed by atoms with van der Waals surface area (Å²) < 4.78 is 34.5. The van der Waals surface area contributed by atoms with Gasteiger partial charge in [0.15, 0.2) is 6.10 Å². The van der Waals surface area contributed by atoms with E-state index < -0.39 is 26.5 Å². The lowest BCUT2D eigenvalue weighted by molar-refractivity contribution is -0.870. The minimum absolute atomic E-state index is 0.0330. The van der Waals surface area contributed by atoms with Crippen molar-refractivity contribution in [2.24, 2.45) is 0 Å². The number of likely N-dealkylation sites (N-methyl/N-ethyl adjacent to an activating group) is 1. The SMILES string of the molecule is CC/C=C\C/C=C\C/C=C\C/C=C\C/C=C\C/C=C\C/C=C\C/C=C\CCCCCCCCCCCCCCC(=O)OC(COC(=O)CCCCCCCCCCCCCCCCCCCCCCCCCCCCC/C=C\CCCCCCCCCC)COP(=O)([O-])OCC[N+](C)(C)C. The molecule has 10 heteroatoms. The van der Waals surface area contributed by atoms with Crippen LogP contribution in [0.3, 0.4) is 0 Å². The second-order valence-corrected chi connectivity index (χ2v) is 31.2. The Morgan fingerprint density at radius 3 is 0.860 bits per heavy atom. The van der Waals surface area contributed by atoms with Crippen LogP contribution in [-0.2, 0) is 32.7 Å². The monoisotopic (exact) mass is 1420 g/mol. The molecule has 0 bridgehead atoms. The minimum atomic E-state index is -4.65. The zero-order valence-electron chi connectivity index (χ0n) is 66.4. The first kappa shape index (κ1) is 96.7. The molecule has 0 aromatic rings. The normalized spacial score (nSPS) is 13.5. The number of nitrogens with zero attached hydrogens (tertiary/aromatic N) is 1. The summed E-state index contributed by atoms with van der Waals surface area (Å²) in [5, 5.41) is 0. The second-order valence-electron chi connectivity index (χ2n) is 29.8. The van der Waals surface area contributed by atoms with Crippen molar-refractivity contribution in [2.45, 2.75) is 405 Å². The first-order chi connectivity index (χ1) is 49.0. The van der Waals surface area contributed by atoms with E-state index in [9.17, 15) is 19.0 Å². The number of ether oxygens (including phenoxy) is 2. The highest BCUT2D eigenvalue weighted by molar-refractivity contribution is 7.45. The van der Waals surface area contributed by atoms with Gasteiger partial charge in [-0.15, -0.1) is 0 Å². The molecular weight excluding hydrogens is 1250 g/mol. The number of allylic oxidation sites excluding steroid dienone is 18. The van der Waals surface area contributed by atoms with Gasteiger partial charge in [-0.3, -0.25) is 14.2 Å². The molecule has 0 saturated carbocycles. The highest BCUT2D eigenvalue weighted by atomic mass is 31.2. The molecule has 0 rings (SSSR count). The van der Waals surface area contributed by atoms with Gasteiger partial charge in [0.05, 0.1) is 27.7 Å². The minimum Gasteiger partial charge on any atom is -0.756 e. The van der Waals surface area contributed by atoms with Gasteiger partial charge < -0.3 is 27.9 Å². The van der Waals surface area contributed by atoms with Gasteiger partial charge in [-0.05, 0) is 103 Å². The Labute approximate surface area is 620 Å². The van der Waals surface area contributed by atoms with Crippen LogP contribution >= 0.6 is 7.82 Å². The van der Waals surface area contributed by atoms with Crippen LogP contribution in [0.25, 0.3) is 0 Å². The van der Waals surface area contributed by atoms with Crippen LogP contribution in [0, 0.1) is 0 Å². The molecule has 0 spiro atoms. The molecule has 0 aromatic heterocycles. The summed E-state index contributed by atoms with van der Waals surface area (Å²) in [4.78, 5) is 38.2. The fraction of sp³-hybridized carbons (Fsp3) is 0.778. The van der Waals surface area contributed by atoms with Crippen molar-refractivity contribution in [3.05, 3.63) is 109 Å². The first-order valence-electron chi connectivity index (χ1n) is 42.6. The maximum Gasteiger partial charge on any atom is 0.306 e. The van der Waals surface area contributed by atoms with Crippen molar-refractivity contribution in [1.82, 2.24) is 0 Å². The molecule has 0 fully saturated rings. The number of carbonyl (C=O) groups excluding carboxylic acids is 2. The van der Waals surface area contributed by atoms with Crippen molar-refractivity contribution in [1.29, 1.82) is 0 Å². The Hall–Kier alpha value is -3.33. The zero-order valence-corrected chi connectivity index (χ0v) is 67.3. The number of rotatable bonds is 79. The molecule has 2 atom stereocenters. The smallest absolute Gasteiger partial charge is 0.306 e. The van der Waals surface area contributed by atoms with Crippen molar-refractivity contribution in [2.75, 3.05) is 47.5 Å². The van der Waals surface area contributed by atoms with Crippen LogP contribution in [0.2, 0.25) is 0 Å². The standard InChI is InChI=1S/C90H162NO8P/c1-6-8-10-12-14-16-18-20-22-24-26-28-30-32-34-36-38-40-42-44-45-47-48-50-52-54-56-58-60-62-64-66-68-70-72-74-76-78-80-82-89(92)96-86-88(87-98-100(94,95)97-85-84-91(3,4)5)99-90(93)83-81-79-77-75-73-71-69-67-65-63-61-59-57-55-53-51-49-46-43-41-39-37-35-33-31-29-27-25-23-21-19-17-15-13-11-9-7-2/h9,11,15,17,21,23-24,26-27,29,33,35,39,41,46,49,53,55,88H,6-8,10,12-14,16,18-20,22,25,28,30-32,34,36-38,40,42-45,47-48,50-52,54,56-87H2,1-5H3/b11-9-,17-15-,23-21-,26-24-,29-27-,35-33-,41-39-,49-46-,55-53-. The zero-order chi connectivity index (χ0) is 72.5. The Morgan fingerprint density at radius 1 is 0.320 bits per heavy atom. The van der Waals surface area contributed by atoms with Gasteiger partial charge in [0.25, 0.3) is 7.82 Å². The predicted octanol–water partition coefficient (Wildman–Crippen LogP) is 28.1. The summed E-state index contributed by atoms with van der Waals surface area (Å²) in [6.07, 6.45) is 114. The highest BCUT2D eigenvalue weighted by Gasteiger charge is 2.22. The molecular formula is C90H162NO8P. The molecule has 0 aliphatic heterocycles. The van der Waals surface area contributed by atoms with Crippen LogP contribution in [0.4, 0.5) is 0 Å². The molecule has 0 saturated heterocycles. The third-order valence-electron chi connectivity index (χ3n) is 18.8. The van der Waals surface area contributed by atoms with E-state index in [2.05, 4.69) is 123 Å². The van der Waals surface area contributed by atoms with Crippen molar-refractivity contribution >= 4 is 19.8 Å². The van der Waals surface area contributed by atoms with Gasteiger partial charge in [-0.2, -0.15) is 0 Å². The summed E-state index contributed by atoms with van der Waals surface area (Å²) in [6, 6.07) is 0. The maximum absolute atomic E-state index is 12.9. The number of hydrogen-bond acceptors (Lipinski definition) is 8. The molecule has 0 aliphatic rings. The molecule has 0 N–H and O–H groups in total. The van der Waals surface area contributed by atoms with Crippen LogP contribution in [-0.4, -0.2) is 70.0 Å². The first-order valence-corrected chi connectivity index (χ1v) is 44.1. The van der Waals surface area contributed by atoms with E-state index in [1.165, 1.54) is 276 Å². The average Bonchev–Trinajstić information content (AvgIpc) is 1.02. The Kier molecular flexibility index (Phi) is 77.1. The number of phosphoric acid groups is 1. The van der Waals surface area contributed by atoms with Crippen molar-refractivity contribution in [3.63, 3.8) is 0 Å². The third-order valence-corrected chi connectivity index (χ3v) is 19.7. The molecule has 0 aliphatic carbocycles. The summed E-state index contributed by atoms with van der Waals surface area (Å²) in [5.74, 6) is -0.822. The number of esters is 2. The fourth-order valence-electron chi connectivity index (χ4n) is 12.3. The van der Waals surface area contributed by atoms with Crippen molar-refractivity contribution < 1.29 is 42.1 Å². The van der Waals surface area contributed by atoms with E-state index in [0.29, 0.717) is 17.4 Å². The lowest BCUT2D eigenvalue weighted by atomic mass is 10.0. The Balaban J connectivity index is 3.93. The summed E-state index contributed by atoms with van der Waals surface area (Å²) in [6.45, 7) is 4.17. The highest BCUT2D eigenvalue weighted by Crippen LogP contribution is 2.38. The van der Waals surface area contributed by atoms with Gasteiger partial charge in [-0.25, -0.2) is 0 Å². The molecule has 0 radical (unpaired) electrons. The van der Waals surface area contributed by atoms with Gasteiger partial charge in [0, 0.05) is 12.8 Å². The average molecular weight is 1420 g/mol. The maximum atomic E-state index is 12.9. The van der Waals surface area contributed by atoms with Gasteiger partial charge in [0.1, 0.15) is 19.8 Å². The lowest BCUT2D eigenvalue weighted by Gasteiger charge is -2.28. The van der Waals surface area contributed by atoms with Crippen LogP contribution < -0.4 is 4.89 Å². The van der Waals surface area contributed by atoms with Crippen LogP contribution in [0.1, 0.15) is 399 Å². The molecule has 0 amide bonds. The van der Waals surface area contributed by atoms with Gasteiger partial charge >= 0.3 is 11.9 Å². The number of unbranched alkanes of at least 4 members (excludes halogenated alkanes) is 47. The molecule has 100 heavy (non-hydrogen) atoms. The number of hydrogen-bond donors (Lipinski definition) is 0. The van der Waals surface area contributed by atoms with E-state index in [1.54, 1.807) is 0 Å². The second kappa shape index (κ2) is 79.8. The topological polar surface area (TPSA) is 111 Å². The van der Waals surface area contributed by atoms with E-state index >= 15 is 0 Å².